The predicted molar refractivity (Wildman–Crippen MR) is 79.9 cm³/mol. The number of carbonyl (C=O) groups is 1. The van der Waals surface area contributed by atoms with Gasteiger partial charge in [0, 0.05) is 5.56 Å². The van der Waals surface area contributed by atoms with Crippen LogP contribution in [0.15, 0.2) is 42.5 Å². The van der Waals surface area contributed by atoms with Crippen LogP contribution in [0.3, 0.4) is 0 Å². The molecule has 3 N–H and O–H groups in total. The fourth-order valence-electron chi connectivity index (χ4n) is 2.69. The Kier molecular flexibility index (Phi) is 3.73. The van der Waals surface area contributed by atoms with Gasteiger partial charge in [0.1, 0.15) is 0 Å². The molecule has 3 rings (SSSR count). The fourth-order valence-corrected chi connectivity index (χ4v) is 2.69. The highest BCUT2D eigenvalue weighted by Crippen LogP contribution is 2.33. The summed E-state index contributed by atoms with van der Waals surface area (Å²) in [5.74, 6) is 3.00. The third-order valence-corrected chi connectivity index (χ3v) is 3.79. The molecule has 0 radical (unpaired) electrons. The fraction of sp³-hybridized carbons (Fsp3) is 0.118. The van der Waals surface area contributed by atoms with Gasteiger partial charge in [-0.25, -0.2) is 14.6 Å². The quantitative estimate of drug-likeness (QED) is 0.509. The lowest BCUT2D eigenvalue weighted by Gasteiger charge is -2.19. The minimum atomic E-state index is -0.888. The zero-order valence-electron chi connectivity index (χ0n) is 11.7. The van der Waals surface area contributed by atoms with Crippen LogP contribution in [0.5, 0.6) is 0 Å². The van der Waals surface area contributed by atoms with Gasteiger partial charge in [0.15, 0.2) is 11.6 Å². The molecule has 1 aliphatic carbocycles. The molecule has 0 spiro atoms. The minimum Gasteiger partial charge on any atom is -0.290 e. The van der Waals surface area contributed by atoms with Gasteiger partial charge < -0.3 is 0 Å². The van der Waals surface area contributed by atoms with E-state index in [0.717, 1.165) is 35.6 Å². The maximum atomic E-state index is 13.5. The zero-order valence-corrected chi connectivity index (χ0v) is 11.7. The molecular formula is C17H14F2N2O. The largest absolute Gasteiger partial charge is 0.290 e. The molecule has 0 aromatic heterocycles. The van der Waals surface area contributed by atoms with Crippen LogP contribution in [0, 0.1) is 11.6 Å². The highest BCUT2D eigenvalue weighted by Gasteiger charge is 2.17. The second-order valence-electron chi connectivity index (χ2n) is 5.13. The van der Waals surface area contributed by atoms with E-state index in [0.29, 0.717) is 11.1 Å². The highest BCUT2D eigenvalue weighted by molar-refractivity contribution is 5.96. The molecule has 0 atom stereocenters. The molecule has 2 aromatic rings. The number of amides is 1. The molecule has 112 valence electrons. The van der Waals surface area contributed by atoms with E-state index in [1.54, 1.807) is 12.1 Å². The molecular weight excluding hydrogens is 286 g/mol. The van der Waals surface area contributed by atoms with Gasteiger partial charge in [-0.05, 0) is 59.4 Å². The third-order valence-electron chi connectivity index (χ3n) is 3.79. The zero-order chi connectivity index (χ0) is 15.7. The number of nitrogen functional groups attached to an aromatic ring is 1. The van der Waals surface area contributed by atoms with E-state index >= 15 is 0 Å². The summed E-state index contributed by atoms with van der Waals surface area (Å²) in [6.45, 7) is 0. The number of aryl methyl sites for hydroxylation is 1. The number of nitrogens with one attached hydrogen (secondary N) is 1. The Bertz CT molecular complexity index is 784. The minimum absolute atomic E-state index is 0.391. The molecule has 22 heavy (non-hydrogen) atoms. The van der Waals surface area contributed by atoms with Crippen LogP contribution in [0.1, 0.15) is 33.5 Å². The second kappa shape index (κ2) is 5.69. The Hall–Kier alpha value is -2.53. The topological polar surface area (TPSA) is 55.1 Å². The van der Waals surface area contributed by atoms with Crippen molar-refractivity contribution in [1.82, 2.24) is 5.43 Å². The average molecular weight is 300 g/mol. The van der Waals surface area contributed by atoms with E-state index in [2.05, 4.69) is 5.43 Å². The lowest BCUT2D eigenvalue weighted by Crippen LogP contribution is -2.30. The van der Waals surface area contributed by atoms with Gasteiger partial charge in [-0.2, -0.15) is 0 Å². The molecule has 0 saturated carbocycles. The van der Waals surface area contributed by atoms with Gasteiger partial charge in [-0.3, -0.25) is 10.2 Å². The molecule has 0 aliphatic heterocycles. The Morgan fingerprint density at radius 1 is 1.09 bits per heavy atom. The Balaban J connectivity index is 2.10. The van der Waals surface area contributed by atoms with Crippen LogP contribution >= 0.6 is 0 Å². The Labute approximate surface area is 126 Å². The van der Waals surface area contributed by atoms with E-state index in [-0.39, 0.29) is 0 Å². The lowest BCUT2D eigenvalue weighted by molar-refractivity contribution is 0.0953. The van der Waals surface area contributed by atoms with E-state index in [1.807, 2.05) is 12.1 Å². The van der Waals surface area contributed by atoms with Crippen molar-refractivity contribution in [2.24, 2.45) is 5.84 Å². The first-order valence-corrected chi connectivity index (χ1v) is 6.90. The third kappa shape index (κ3) is 2.51. The summed E-state index contributed by atoms with van der Waals surface area (Å²) in [5.41, 5.74) is 5.82. The van der Waals surface area contributed by atoms with E-state index < -0.39 is 17.5 Å². The van der Waals surface area contributed by atoms with Gasteiger partial charge in [-0.15, -0.1) is 0 Å². The number of fused-ring (bicyclic) bond motifs is 1. The van der Waals surface area contributed by atoms with E-state index in [9.17, 15) is 13.6 Å². The first kappa shape index (κ1) is 14.4. The highest BCUT2D eigenvalue weighted by atomic mass is 19.2. The van der Waals surface area contributed by atoms with Crippen molar-refractivity contribution in [2.75, 3.05) is 0 Å². The van der Waals surface area contributed by atoms with Crippen molar-refractivity contribution in [3.63, 3.8) is 0 Å². The van der Waals surface area contributed by atoms with Crippen molar-refractivity contribution in [2.45, 2.75) is 12.8 Å². The number of hydrogen-bond donors (Lipinski definition) is 2. The number of benzene rings is 2. The summed E-state index contributed by atoms with van der Waals surface area (Å²) in [4.78, 5) is 11.7. The Morgan fingerprint density at radius 3 is 2.64 bits per heavy atom. The van der Waals surface area contributed by atoms with Crippen LogP contribution in [0.4, 0.5) is 8.78 Å². The van der Waals surface area contributed by atoms with E-state index in [1.165, 1.54) is 12.1 Å². The predicted octanol–water partition coefficient (Wildman–Crippen LogP) is 2.95. The van der Waals surface area contributed by atoms with Crippen molar-refractivity contribution >= 4 is 11.5 Å². The molecule has 0 bridgehead atoms. The van der Waals surface area contributed by atoms with Gasteiger partial charge in [0.25, 0.3) is 5.91 Å². The monoisotopic (exact) mass is 300 g/mol. The summed E-state index contributed by atoms with van der Waals surface area (Å²) < 4.78 is 26.6. The molecule has 0 unspecified atom stereocenters. The smallest absolute Gasteiger partial charge is 0.265 e. The molecule has 0 fully saturated rings. The van der Waals surface area contributed by atoms with Crippen molar-refractivity contribution < 1.29 is 13.6 Å². The second-order valence-corrected chi connectivity index (χ2v) is 5.13. The van der Waals surface area contributed by atoms with Gasteiger partial charge in [0.05, 0.1) is 0 Å². The summed E-state index contributed by atoms with van der Waals surface area (Å²) in [7, 11) is 0. The first-order chi connectivity index (χ1) is 10.6. The van der Waals surface area contributed by atoms with Gasteiger partial charge in [-0.1, -0.05) is 18.2 Å². The summed E-state index contributed by atoms with van der Waals surface area (Å²) >= 11 is 0. The van der Waals surface area contributed by atoms with Crippen LogP contribution < -0.4 is 11.3 Å². The van der Waals surface area contributed by atoms with Crippen LogP contribution in [-0.2, 0) is 6.42 Å². The Morgan fingerprint density at radius 2 is 1.91 bits per heavy atom. The molecule has 1 aliphatic rings. The SMILES string of the molecule is NNC(=O)c1ccc2c(c1)C(c1ccc(F)c(F)c1)=CCC2. The number of allylic oxidation sites excluding steroid dienone is 1. The maximum Gasteiger partial charge on any atom is 0.265 e. The molecule has 5 heteroatoms. The van der Waals surface area contributed by atoms with Crippen molar-refractivity contribution in [3.8, 4) is 0 Å². The molecule has 0 saturated heterocycles. The van der Waals surface area contributed by atoms with Crippen LogP contribution in [-0.4, -0.2) is 5.91 Å². The molecule has 3 nitrogen and oxygen atoms in total. The summed E-state index contributed by atoms with van der Waals surface area (Å²) in [5, 5.41) is 0. The van der Waals surface area contributed by atoms with Crippen LogP contribution in [0.2, 0.25) is 0 Å². The number of nitrogens with two attached hydrogens (primary N) is 1. The van der Waals surface area contributed by atoms with Crippen LogP contribution in [0.25, 0.3) is 5.57 Å². The molecule has 2 aromatic carbocycles. The first-order valence-electron chi connectivity index (χ1n) is 6.90. The number of halogens is 2. The normalized spacial score (nSPS) is 13.3. The number of carbonyl (C=O) groups excluding carboxylic acids is 1. The van der Waals surface area contributed by atoms with Gasteiger partial charge in [0.2, 0.25) is 0 Å². The van der Waals surface area contributed by atoms with Crippen molar-refractivity contribution in [3.05, 3.63) is 76.4 Å². The van der Waals surface area contributed by atoms with Gasteiger partial charge >= 0.3 is 0 Å². The molecule has 1 amide bonds. The summed E-state index contributed by atoms with van der Waals surface area (Å²) in [6, 6.07) is 9.11. The van der Waals surface area contributed by atoms with E-state index in [4.69, 9.17) is 5.84 Å². The number of rotatable bonds is 2. The van der Waals surface area contributed by atoms with Crippen molar-refractivity contribution in [1.29, 1.82) is 0 Å². The number of hydrazine groups is 1. The average Bonchev–Trinajstić information content (AvgIpc) is 2.55. The lowest BCUT2D eigenvalue weighted by atomic mass is 9.86. The standard InChI is InChI=1S/C17H14F2N2O/c18-15-7-6-11(9-16(15)19)13-3-1-2-10-4-5-12(8-14(10)13)17(22)21-20/h3-9H,1-2,20H2,(H,21,22). The maximum absolute atomic E-state index is 13.5. The molecule has 0 heterocycles. The number of hydrogen-bond acceptors (Lipinski definition) is 2. The summed E-state index contributed by atoms with van der Waals surface area (Å²) in [6.07, 6.45) is 3.62.